The Bertz CT molecular complexity index is 957. The molecule has 2 aromatic heterocycles. The van der Waals surface area contributed by atoms with Crippen molar-refractivity contribution in [1.29, 1.82) is 0 Å². The first-order valence-electron chi connectivity index (χ1n) is 9.26. The fraction of sp³-hybridized carbons (Fsp3) is 0.333. The number of nitrogens with one attached hydrogen (secondary N) is 2. The molecule has 0 radical (unpaired) electrons. The zero-order valence-electron chi connectivity index (χ0n) is 14.9. The first-order chi connectivity index (χ1) is 12.8. The first-order valence-corrected chi connectivity index (χ1v) is 9.26. The van der Waals surface area contributed by atoms with Gasteiger partial charge in [0.2, 0.25) is 5.43 Å². The van der Waals surface area contributed by atoms with Crippen LogP contribution in [0.5, 0.6) is 5.75 Å². The van der Waals surface area contributed by atoms with Gasteiger partial charge < -0.3 is 15.0 Å². The van der Waals surface area contributed by atoms with Gasteiger partial charge in [-0.25, -0.2) is 4.98 Å². The number of ether oxygens (including phenoxy) is 1. The predicted molar refractivity (Wildman–Crippen MR) is 105 cm³/mol. The summed E-state index contributed by atoms with van der Waals surface area (Å²) in [5, 5.41) is 4.11. The number of rotatable bonds is 5. The smallest absolute Gasteiger partial charge is 0.200 e. The Morgan fingerprint density at radius 3 is 2.69 bits per heavy atom. The van der Waals surface area contributed by atoms with E-state index in [-0.39, 0.29) is 5.43 Å². The van der Waals surface area contributed by atoms with E-state index in [1.165, 1.54) is 12.8 Å². The van der Waals surface area contributed by atoms with Gasteiger partial charge in [-0.1, -0.05) is 25.0 Å². The second-order valence-electron chi connectivity index (χ2n) is 6.70. The van der Waals surface area contributed by atoms with Crippen molar-refractivity contribution >= 4 is 16.7 Å². The number of H-pyrrole nitrogens is 1. The van der Waals surface area contributed by atoms with E-state index in [2.05, 4.69) is 15.3 Å². The molecular weight excluding hydrogens is 326 g/mol. The van der Waals surface area contributed by atoms with Gasteiger partial charge in [0.05, 0.1) is 17.5 Å². The first kappa shape index (κ1) is 16.6. The molecule has 0 atom stereocenters. The SMILES string of the molecule is CCOc1ccc(-c2c[nH]c3ccnc(NC4CCCC4)c3c2=O)cc1. The van der Waals surface area contributed by atoms with Crippen LogP contribution in [0.3, 0.4) is 0 Å². The molecule has 0 amide bonds. The molecule has 1 aliphatic carbocycles. The number of pyridine rings is 2. The zero-order valence-corrected chi connectivity index (χ0v) is 14.9. The summed E-state index contributed by atoms with van der Waals surface area (Å²) in [6, 6.07) is 9.87. The Kier molecular flexibility index (Phi) is 4.61. The number of aromatic nitrogens is 2. The summed E-state index contributed by atoms with van der Waals surface area (Å²) in [4.78, 5) is 20.9. The van der Waals surface area contributed by atoms with Crippen LogP contribution >= 0.6 is 0 Å². The summed E-state index contributed by atoms with van der Waals surface area (Å²) in [5.41, 5.74) is 2.31. The highest BCUT2D eigenvalue weighted by atomic mass is 16.5. The third-order valence-electron chi connectivity index (χ3n) is 4.97. The Balaban J connectivity index is 1.76. The fourth-order valence-electron chi connectivity index (χ4n) is 3.65. The van der Waals surface area contributed by atoms with Crippen molar-refractivity contribution in [2.75, 3.05) is 11.9 Å². The van der Waals surface area contributed by atoms with Crippen molar-refractivity contribution in [3.05, 3.63) is 52.9 Å². The third kappa shape index (κ3) is 3.17. The Hall–Kier alpha value is -2.82. The Morgan fingerprint density at radius 2 is 1.96 bits per heavy atom. The summed E-state index contributed by atoms with van der Waals surface area (Å²) < 4.78 is 5.48. The lowest BCUT2D eigenvalue weighted by atomic mass is 10.0. The van der Waals surface area contributed by atoms with Crippen LogP contribution in [-0.2, 0) is 0 Å². The van der Waals surface area contributed by atoms with Crippen LogP contribution < -0.4 is 15.5 Å². The number of fused-ring (bicyclic) bond motifs is 1. The second kappa shape index (κ2) is 7.20. The Morgan fingerprint density at radius 1 is 1.19 bits per heavy atom. The van der Waals surface area contributed by atoms with Gasteiger partial charge in [0.25, 0.3) is 0 Å². The molecule has 1 fully saturated rings. The normalized spacial score (nSPS) is 14.7. The lowest BCUT2D eigenvalue weighted by Gasteiger charge is -2.14. The maximum atomic E-state index is 13.2. The van der Waals surface area contributed by atoms with E-state index in [1.54, 1.807) is 12.4 Å². The van der Waals surface area contributed by atoms with E-state index >= 15 is 0 Å². The standard InChI is InChI=1S/C21H23N3O2/c1-2-26-16-9-7-14(8-10-16)17-13-23-18-11-12-22-21(19(18)20(17)25)24-15-5-3-4-6-15/h7-13,15H,2-6H2,1H3,(H,22,24)(H,23,25). The van der Waals surface area contributed by atoms with Crippen LogP contribution in [0.4, 0.5) is 5.82 Å². The molecule has 0 spiro atoms. The number of benzene rings is 1. The molecule has 134 valence electrons. The van der Waals surface area contributed by atoms with Gasteiger partial charge in [-0.3, -0.25) is 4.79 Å². The summed E-state index contributed by atoms with van der Waals surface area (Å²) in [5.74, 6) is 1.49. The van der Waals surface area contributed by atoms with Gasteiger partial charge in [-0.15, -0.1) is 0 Å². The molecule has 3 aromatic rings. The molecule has 1 aromatic carbocycles. The molecule has 5 heteroatoms. The quantitative estimate of drug-likeness (QED) is 0.719. The molecular formula is C21H23N3O2. The van der Waals surface area contributed by atoms with Crippen molar-refractivity contribution in [2.24, 2.45) is 0 Å². The molecule has 2 heterocycles. The summed E-state index contributed by atoms with van der Waals surface area (Å²) in [7, 11) is 0. The van der Waals surface area contributed by atoms with E-state index in [0.717, 1.165) is 29.7 Å². The fourth-order valence-corrected chi connectivity index (χ4v) is 3.65. The molecule has 0 unspecified atom stereocenters. The molecule has 0 bridgehead atoms. The van der Waals surface area contributed by atoms with Crippen molar-refractivity contribution in [3.63, 3.8) is 0 Å². The number of anilines is 1. The van der Waals surface area contributed by atoms with Crippen molar-refractivity contribution in [2.45, 2.75) is 38.6 Å². The van der Waals surface area contributed by atoms with Crippen molar-refractivity contribution < 1.29 is 4.74 Å². The lowest BCUT2D eigenvalue weighted by Crippen LogP contribution is -2.18. The maximum absolute atomic E-state index is 13.2. The Labute approximate surface area is 152 Å². The molecule has 1 saturated carbocycles. The monoisotopic (exact) mass is 349 g/mol. The van der Waals surface area contributed by atoms with Crippen molar-refractivity contribution in [3.8, 4) is 16.9 Å². The average molecular weight is 349 g/mol. The minimum Gasteiger partial charge on any atom is -0.494 e. The molecule has 5 nitrogen and oxygen atoms in total. The van der Waals surface area contributed by atoms with Gasteiger partial charge in [0, 0.05) is 24.0 Å². The van der Waals surface area contributed by atoms with Gasteiger partial charge in [-0.2, -0.15) is 0 Å². The van der Waals surface area contributed by atoms with E-state index in [0.29, 0.717) is 29.4 Å². The number of hydrogen-bond donors (Lipinski definition) is 2. The van der Waals surface area contributed by atoms with E-state index < -0.39 is 0 Å². The van der Waals surface area contributed by atoms with Crippen molar-refractivity contribution in [1.82, 2.24) is 9.97 Å². The minimum atomic E-state index is -0.00323. The van der Waals surface area contributed by atoms with Crippen LogP contribution in [0.2, 0.25) is 0 Å². The van der Waals surface area contributed by atoms with Gasteiger partial charge in [0.15, 0.2) is 0 Å². The van der Waals surface area contributed by atoms with Crippen LogP contribution in [-0.4, -0.2) is 22.6 Å². The number of nitrogens with zero attached hydrogens (tertiary/aromatic N) is 1. The zero-order chi connectivity index (χ0) is 17.9. The minimum absolute atomic E-state index is 0.00323. The number of hydrogen-bond acceptors (Lipinski definition) is 4. The highest BCUT2D eigenvalue weighted by Gasteiger charge is 2.18. The topological polar surface area (TPSA) is 67.0 Å². The molecule has 2 N–H and O–H groups in total. The van der Waals surface area contributed by atoms with E-state index in [4.69, 9.17) is 4.74 Å². The maximum Gasteiger partial charge on any atom is 0.200 e. The van der Waals surface area contributed by atoms with Crippen LogP contribution in [0.25, 0.3) is 22.0 Å². The highest BCUT2D eigenvalue weighted by Crippen LogP contribution is 2.26. The van der Waals surface area contributed by atoms with Gasteiger partial charge in [0.1, 0.15) is 11.6 Å². The van der Waals surface area contributed by atoms with Crippen LogP contribution in [0, 0.1) is 0 Å². The molecule has 0 saturated heterocycles. The van der Waals surface area contributed by atoms with E-state index in [9.17, 15) is 4.79 Å². The third-order valence-corrected chi connectivity index (χ3v) is 4.97. The molecule has 4 rings (SSSR count). The predicted octanol–water partition coefficient (Wildman–Crippen LogP) is 4.34. The van der Waals surface area contributed by atoms with Crippen LogP contribution in [0.1, 0.15) is 32.6 Å². The molecule has 0 aliphatic heterocycles. The summed E-state index contributed by atoms with van der Waals surface area (Å²) >= 11 is 0. The molecule has 26 heavy (non-hydrogen) atoms. The second-order valence-corrected chi connectivity index (χ2v) is 6.70. The lowest BCUT2D eigenvalue weighted by molar-refractivity contribution is 0.340. The van der Waals surface area contributed by atoms with Gasteiger partial charge >= 0.3 is 0 Å². The largest absolute Gasteiger partial charge is 0.494 e. The molecule has 1 aliphatic rings. The number of aromatic amines is 1. The highest BCUT2D eigenvalue weighted by molar-refractivity contribution is 5.91. The van der Waals surface area contributed by atoms with Gasteiger partial charge in [-0.05, 0) is 43.5 Å². The van der Waals surface area contributed by atoms with E-state index in [1.807, 2.05) is 37.3 Å². The summed E-state index contributed by atoms with van der Waals surface area (Å²) in [6.07, 6.45) is 8.25. The van der Waals surface area contributed by atoms with Crippen LogP contribution in [0.15, 0.2) is 47.5 Å². The average Bonchev–Trinajstić information content (AvgIpc) is 3.16. The summed E-state index contributed by atoms with van der Waals surface area (Å²) in [6.45, 7) is 2.57.